The number of fused-ring (bicyclic) bond motifs is 1. The standard InChI is InChI=1S/C30H38N4O10S.Na.H2O/c1-18(2)15-23(24(27(36)33-40)17-34-29(38)21-7-4-5-8-22(21)30(34)39)26(35)32-25(28(37)31-3)16-19-9-11-20(12-10-19)44-13-6-14-45(41,42)43;;/h4-5,7-12,18,23-25,40H,6,13-17H2,1-3H3,(H,31,37)(H,32,35)(H,33,36)(H,41,42,43);;1H2/q;+1;/p-1/t23-,24+,25+;;/m1../s1. The van der Waals surface area contributed by atoms with Gasteiger partial charge in [-0.2, -0.15) is 0 Å². The van der Waals surface area contributed by atoms with Gasteiger partial charge in [-0.05, 0) is 48.6 Å². The van der Waals surface area contributed by atoms with Crippen LogP contribution in [0.4, 0.5) is 0 Å². The number of nitrogens with zero attached hydrogens (tertiary/aromatic N) is 1. The molecule has 0 bridgehead atoms. The third kappa shape index (κ3) is 11.7. The summed E-state index contributed by atoms with van der Waals surface area (Å²) in [6.07, 6.45) is 0.204. The van der Waals surface area contributed by atoms with Crippen molar-refractivity contribution in [2.45, 2.75) is 39.2 Å². The molecule has 0 fully saturated rings. The number of imide groups is 1. The summed E-state index contributed by atoms with van der Waals surface area (Å²) < 4.78 is 37.7. The number of amides is 5. The fourth-order valence-electron chi connectivity index (χ4n) is 5.08. The van der Waals surface area contributed by atoms with E-state index in [1.54, 1.807) is 41.9 Å². The number of likely N-dealkylation sites (N-methyl/N-ethyl adjacent to an activating group) is 1. The van der Waals surface area contributed by atoms with E-state index in [1.165, 1.54) is 19.2 Å². The summed E-state index contributed by atoms with van der Waals surface area (Å²) in [7, 11) is -2.94. The van der Waals surface area contributed by atoms with Crippen LogP contribution < -0.4 is 50.4 Å². The molecule has 0 radical (unpaired) electrons. The van der Waals surface area contributed by atoms with E-state index in [4.69, 9.17) is 4.74 Å². The van der Waals surface area contributed by atoms with Gasteiger partial charge in [-0.25, -0.2) is 13.9 Å². The molecule has 15 nitrogen and oxygen atoms in total. The monoisotopic (exact) mass is 686 g/mol. The Morgan fingerprint density at radius 3 is 2.00 bits per heavy atom. The largest absolute Gasteiger partial charge is 1.00 e. The number of carbonyl (C=O) groups is 5. The Bertz CT molecular complexity index is 1480. The van der Waals surface area contributed by atoms with Crippen molar-refractivity contribution in [1.29, 1.82) is 0 Å². The predicted molar refractivity (Wildman–Crippen MR) is 163 cm³/mol. The van der Waals surface area contributed by atoms with E-state index < -0.39 is 69.8 Å². The molecule has 0 saturated carbocycles. The maximum absolute atomic E-state index is 13.8. The quantitative estimate of drug-likeness (QED) is 0.0349. The molecule has 0 unspecified atom stereocenters. The van der Waals surface area contributed by atoms with Crippen LogP contribution in [-0.4, -0.2) is 90.1 Å². The molecule has 5 amide bonds. The third-order valence-electron chi connectivity index (χ3n) is 7.30. The molecule has 0 spiro atoms. The zero-order valence-electron chi connectivity index (χ0n) is 26.6. The van der Waals surface area contributed by atoms with Gasteiger partial charge in [0.1, 0.15) is 11.8 Å². The van der Waals surface area contributed by atoms with Gasteiger partial charge in [0, 0.05) is 25.8 Å². The Labute approximate surface area is 295 Å². The minimum atomic E-state index is -4.34. The second-order valence-electron chi connectivity index (χ2n) is 11.1. The molecule has 1 heterocycles. The van der Waals surface area contributed by atoms with E-state index in [9.17, 15) is 42.2 Å². The molecule has 1 aliphatic rings. The van der Waals surface area contributed by atoms with Gasteiger partial charge >= 0.3 is 29.6 Å². The summed E-state index contributed by atoms with van der Waals surface area (Å²) in [5, 5.41) is 14.7. The number of hydrogen-bond acceptors (Lipinski definition) is 10. The van der Waals surface area contributed by atoms with Crippen molar-refractivity contribution in [3.05, 3.63) is 65.2 Å². The molecule has 3 rings (SSSR count). The summed E-state index contributed by atoms with van der Waals surface area (Å²) in [6, 6.07) is 11.6. The number of hydroxylamine groups is 1. The van der Waals surface area contributed by atoms with Crippen LogP contribution in [0.25, 0.3) is 0 Å². The Morgan fingerprint density at radius 2 is 1.51 bits per heavy atom. The smallest absolute Gasteiger partial charge is 0.748 e. The van der Waals surface area contributed by atoms with Gasteiger partial charge < -0.3 is 25.4 Å². The second-order valence-corrected chi connectivity index (χ2v) is 12.6. The molecule has 0 aliphatic carbocycles. The minimum Gasteiger partial charge on any atom is -0.748 e. The fourth-order valence-corrected chi connectivity index (χ4v) is 5.56. The van der Waals surface area contributed by atoms with Crippen LogP contribution in [-0.2, 0) is 30.9 Å². The van der Waals surface area contributed by atoms with Crippen molar-refractivity contribution in [2.75, 3.05) is 26.0 Å². The van der Waals surface area contributed by atoms with Gasteiger partial charge in [0.15, 0.2) is 0 Å². The second kappa shape index (κ2) is 18.8. The number of rotatable bonds is 16. The van der Waals surface area contributed by atoms with Crippen LogP contribution in [0.3, 0.4) is 0 Å². The number of hydrogen-bond donors (Lipinski definition) is 4. The molecule has 6 N–H and O–H groups in total. The summed E-state index contributed by atoms with van der Waals surface area (Å²) in [5.41, 5.74) is 2.52. The van der Waals surface area contributed by atoms with E-state index in [0.717, 1.165) is 4.90 Å². The van der Waals surface area contributed by atoms with Gasteiger partial charge in [-0.1, -0.05) is 38.1 Å². The molecule has 252 valence electrons. The maximum Gasteiger partial charge on any atom is 1.00 e. The van der Waals surface area contributed by atoms with Crippen molar-refractivity contribution >= 4 is 39.7 Å². The van der Waals surface area contributed by atoms with Crippen LogP contribution in [0, 0.1) is 17.8 Å². The zero-order valence-corrected chi connectivity index (χ0v) is 29.5. The van der Waals surface area contributed by atoms with E-state index >= 15 is 0 Å². The van der Waals surface area contributed by atoms with E-state index in [0.29, 0.717) is 11.3 Å². The molecule has 47 heavy (non-hydrogen) atoms. The summed E-state index contributed by atoms with van der Waals surface area (Å²) in [6.45, 7) is 3.17. The Balaban J connectivity index is 0.00000552. The first kappa shape index (κ1) is 41.6. The number of carbonyl (C=O) groups excluding carboxylic acids is 5. The van der Waals surface area contributed by atoms with Gasteiger partial charge in [-0.15, -0.1) is 0 Å². The fraction of sp³-hybridized carbons (Fsp3) is 0.433. The Hall–Kier alpha value is -3.38. The molecule has 17 heteroatoms. The van der Waals surface area contributed by atoms with Gasteiger partial charge in [-0.3, -0.25) is 34.1 Å². The molecule has 0 saturated heterocycles. The van der Waals surface area contributed by atoms with Crippen LogP contribution in [0.5, 0.6) is 5.75 Å². The van der Waals surface area contributed by atoms with Crippen molar-refractivity contribution in [1.82, 2.24) is 21.0 Å². The van der Waals surface area contributed by atoms with Crippen LogP contribution in [0.15, 0.2) is 48.5 Å². The van der Waals surface area contributed by atoms with Crippen LogP contribution in [0.2, 0.25) is 0 Å². The first-order chi connectivity index (χ1) is 21.2. The van der Waals surface area contributed by atoms with Crippen LogP contribution >= 0.6 is 0 Å². The van der Waals surface area contributed by atoms with Crippen molar-refractivity contribution < 1.29 is 81.9 Å². The van der Waals surface area contributed by atoms with Crippen molar-refractivity contribution in [2.24, 2.45) is 17.8 Å². The van der Waals surface area contributed by atoms with Crippen LogP contribution in [0.1, 0.15) is 53.0 Å². The van der Waals surface area contributed by atoms with Crippen molar-refractivity contribution in [3.8, 4) is 5.75 Å². The van der Waals surface area contributed by atoms with E-state index in [2.05, 4.69) is 10.6 Å². The minimum absolute atomic E-state index is 0. The first-order valence-electron chi connectivity index (χ1n) is 14.3. The molecule has 3 atom stereocenters. The van der Waals surface area contributed by atoms with Crippen molar-refractivity contribution in [3.63, 3.8) is 0 Å². The Morgan fingerprint density at radius 1 is 0.936 bits per heavy atom. The molecule has 0 aromatic heterocycles. The summed E-state index contributed by atoms with van der Waals surface area (Å²) in [4.78, 5) is 66.5. The van der Waals surface area contributed by atoms with Gasteiger partial charge in [0.05, 0.1) is 39.7 Å². The van der Waals surface area contributed by atoms with Gasteiger partial charge in [0.2, 0.25) is 17.7 Å². The molecule has 2 aromatic carbocycles. The first-order valence-corrected chi connectivity index (χ1v) is 15.9. The number of nitrogens with one attached hydrogen (secondary N) is 3. The van der Waals surface area contributed by atoms with Gasteiger partial charge in [0.25, 0.3) is 11.8 Å². The Kier molecular flexibility index (Phi) is 16.7. The average Bonchev–Trinajstić information content (AvgIpc) is 3.24. The van der Waals surface area contributed by atoms with E-state index in [1.807, 2.05) is 13.8 Å². The zero-order chi connectivity index (χ0) is 33.3. The molecule has 1 aliphatic heterocycles. The normalized spacial score (nSPS) is 14.2. The predicted octanol–water partition coefficient (Wildman–Crippen LogP) is -2.97. The maximum atomic E-state index is 13.8. The summed E-state index contributed by atoms with van der Waals surface area (Å²) in [5.74, 6) is -6.16. The third-order valence-corrected chi connectivity index (χ3v) is 8.09. The molecular weight excluding hydrogens is 647 g/mol. The number of ether oxygens (including phenoxy) is 1. The van der Waals surface area contributed by atoms with E-state index in [-0.39, 0.29) is 77.9 Å². The number of benzene rings is 2. The average molecular weight is 687 g/mol. The molecule has 2 aromatic rings. The topological polar surface area (TPSA) is 243 Å². The SMILES string of the molecule is CNC(=O)[C@H](Cc1ccc(OCCCS(=O)(=O)[O-])cc1)NC(=O)[C@H](CC(C)C)[C@H](CN1C(=O)c2ccccc2C1=O)C(=O)NO.O.[Na+]. The summed E-state index contributed by atoms with van der Waals surface area (Å²) >= 11 is 0. The molecular formula is C30H39N4NaO11S.